The zero-order valence-electron chi connectivity index (χ0n) is 14.1. The van der Waals surface area contributed by atoms with Crippen LogP contribution >= 0.6 is 0 Å². The lowest BCUT2D eigenvalue weighted by Gasteiger charge is -2.40. The Labute approximate surface area is 147 Å². The van der Waals surface area contributed by atoms with Crippen LogP contribution in [0.15, 0.2) is 24.3 Å². The van der Waals surface area contributed by atoms with E-state index >= 15 is 0 Å². The number of carbonyl (C=O) groups excluding carboxylic acids is 1. The number of ether oxygens (including phenoxy) is 1. The summed E-state index contributed by atoms with van der Waals surface area (Å²) in [6.07, 6.45) is 3.45. The summed E-state index contributed by atoms with van der Waals surface area (Å²) in [5.41, 5.74) is 1.19. The molecule has 132 valence electrons. The van der Waals surface area contributed by atoms with Gasteiger partial charge in [-0.05, 0) is 43.4 Å². The Balaban J connectivity index is 1.88. The molecule has 3 rings (SSSR count). The molecule has 2 fully saturated rings. The second-order valence-corrected chi connectivity index (χ2v) is 6.68. The Morgan fingerprint density at radius 3 is 2.92 bits per heavy atom. The summed E-state index contributed by atoms with van der Waals surface area (Å²) in [5.74, 6) is -1.58. The highest BCUT2D eigenvalue weighted by Gasteiger charge is 2.40. The number of nitrogens with zero attached hydrogens (tertiary/aromatic N) is 2. The van der Waals surface area contributed by atoms with Gasteiger partial charge in [-0.3, -0.25) is 9.59 Å². The first-order valence-electron chi connectivity index (χ1n) is 8.74. The summed E-state index contributed by atoms with van der Waals surface area (Å²) in [7, 11) is 0. The van der Waals surface area contributed by atoms with Crippen LogP contribution in [-0.4, -0.2) is 41.1 Å². The highest BCUT2D eigenvalue weighted by atomic mass is 16.5. The zero-order chi connectivity index (χ0) is 17.8. The zero-order valence-corrected chi connectivity index (χ0v) is 14.1. The standard InChI is InChI=1S/C19H22N2O4/c20-12-13-3-1-4-14(11-13)18-16(19(23)24)6-7-17(22)21(18)9-8-15-5-2-10-25-15/h1,3-4,11,15-16,18H,2,5-10H2,(H,23,24)/t15-,16+,18-/m1/s1. The molecule has 1 aromatic rings. The van der Waals surface area contributed by atoms with Crippen LogP contribution in [0.25, 0.3) is 0 Å². The van der Waals surface area contributed by atoms with Gasteiger partial charge in [0.05, 0.1) is 29.7 Å². The number of piperidine rings is 1. The number of rotatable bonds is 5. The Hall–Kier alpha value is -2.39. The van der Waals surface area contributed by atoms with E-state index in [1.807, 2.05) is 0 Å². The van der Waals surface area contributed by atoms with Crippen LogP contribution in [0.5, 0.6) is 0 Å². The highest BCUT2D eigenvalue weighted by Crippen LogP contribution is 2.37. The van der Waals surface area contributed by atoms with Gasteiger partial charge in [0.15, 0.2) is 0 Å². The van der Waals surface area contributed by atoms with Crippen molar-refractivity contribution in [2.24, 2.45) is 5.92 Å². The van der Waals surface area contributed by atoms with Crippen molar-refractivity contribution in [2.45, 2.75) is 44.2 Å². The second-order valence-electron chi connectivity index (χ2n) is 6.68. The quantitative estimate of drug-likeness (QED) is 0.888. The molecule has 6 heteroatoms. The first-order valence-corrected chi connectivity index (χ1v) is 8.74. The number of likely N-dealkylation sites (tertiary alicyclic amines) is 1. The number of carboxylic acids is 1. The molecule has 6 nitrogen and oxygen atoms in total. The Bertz CT molecular complexity index is 691. The van der Waals surface area contributed by atoms with Gasteiger partial charge in [-0.15, -0.1) is 0 Å². The van der Waals surface area contributed by atoms with Gasteiger partial charge >= 0.3 is 5.97 Å². The summed E-state index contributed by atoms with van der Waals surface area (Å²) in [4.78, 5) is 26.0. The smallest absolute Gasteiger partial charge is 0.308 e. The number of carboxylic acid groups (broad SMARTS) is 1. The molecule has 25 heavy (non-hydrogen) atoms. The molecule has 2 aliphatic heterocycles. The van der Waals surface area contributed by atoms with E-state index in [4.69, 9.17) is 10.00 Å². The number of nitriles is 1. The van der Waals surface area contributed by atoms with Gasteiger partial charge in [0.1, 0.15) is 0 Å². The van der Waals surface area contributed by atoms with Crippen molar-refractivity contribution in [3.05, 3.63) is 35.4 Å². The van der Waals surface area contributed by atoms with Gasteiger partial charge in [0.2, 0.25) is 5.91 Å². The molecule has 0 saturated carbocycles. The predicted octanol–water partition coefficient (Wildman–Crippen LogP) is 2.49. The number of hydrogen-bond donors (Lipinski definition) is 1. The number of carbonyl (C=O) groups is 2. The maximum atomic E-state index is 12.5. The molecule has 1 aromatic carbocycles. The largest absolute Gasteiger partial charge is 0.481 e. The summed E-state index contributed by atoms with van der Waals surface area (Å²) in [6, 6.07) is 8.47. The van der Waals surface area contributed by atoms with Crippen LogP contribution < -0.4 is 0 Å². The number of benzene rings is 1. The van der Waals surface area contributed by atoms with Crippen LogP contribution in [0, 0.1) is 17.2 Å². The molecule has 2 aliphatic rings. The van der Waals surface area contributed by atoms with Gasteiger partial charge in [0.25, 0.3) is 0 Å². The minimum Gasteiger partial charge on any atom is -0.481 e. The van der Waals surface area contributed by atoms with Gasteiger partial charge in [-0.2, -0.15) is 5.26 Å². The van der Waals surface area contributed by atoms with Crippen molar-refractivity contribution >= 4 is 11.9 Å². The highest BCUT2D eigenvalue weighted by molar-refractivity contribution is 5.81. The van der Waals surface area contributed by atoms with Crippen LogP contribution in [0.3, 0.4) is 0 Å². The summed E-state index contributed by atoms with van der Waals surface area (Å²) >= 11 is 0. The number of aliphatic carboxylic acids is 1. The SMILES string of the molecule is N#Cc1cccc([C@@H]2[C@@H](C(=O)O)CCC(=O)N2CC[C@H]2CCCO2)c1. The third-order valence-corrected chi connectivity index (χ3v) is 5.10. The first-order chi connectivity index (χ1) is 12.1. The van der Waals surface area contributed by atoms with E-state index in [2.05, 4.69) is 6.07 Å². The number of hydrogen-bond acceptors (Lipinski definition) is 4. The van der Waals surface area contributed by atoms with E-state index < -0.39 is 17.9 Å². The van der Waals surface area contributed by atoms with E-state index in [-0.39, 0.29) is 18.4 Å². The molecule has 3 atom stereocenters. The molecular weight excluding hydrogens is 320 g/mol. The number of amides is 1. The van der Waals surface area contributed by atoms with Crippen molar-refractivity contribution in [2.75, 3.05) is 13.2 Å². The summed E-state index contributed by atoms with van der Waals surface area (Å²) in [5, 5.41) is 18.8. The maximum Gasteiger partial charge on any atom is 0.308 e. The lowest BCUT2D eigenvalue weighted by Crippen LogP contribution is -2.46. The minimum absolute atomic E-state index is 0.0251. The molecule has 1 amide bonds. The van der Waals surface area contributed by atoms with Gasteiger partial charge < -0.3 is 14.7 Å². The molecular formula is C19H22N2O4. The van der Waals surface area contributed by atoms with Crippen molar-refractivity contribution in [1.29, 1.82) is 5.26 Å². The molecule has 0 spiro atoms. The van der Waals surface area contributed by atoms with Crippen molar-refractivity contribution in [3.8, 4) is 6.07 Å². The average molecular weight is 342 g/mol. The van der Waals surface area contributed by atoms with Crippen molar-refractivity contribution in [3.63, 3.8) is 0 Å². The Morgan fingerprint density at radius 1 is 1.40 bits per heavy atom. The van der Waals surface area contributed by atoms with Gasteiger partial charge in [-0.1, -0.05) is 12.1 Å². The van der Waals surface area contributed by atoms with Crippen LogP contribution in [-0.2, 0) is 14.3 Å². The third-order valence-electron chi connectivity index (χ3n) is 5.10. The molecule has 0 aromatic heterocycles. The fourth-order valence-corrected chi connectivity index (χ4v) is 3.83. The van der Waals surface area contributed by atoms with Crippen LogP contribution in [0.2, 0.25) is 0 Å². The molecule has 0 bridgehead atoms. The third kappa shape index (κ3) is 3.83. The molecule has 0 aliphatic carbocycles. The van der Waals surface area contributed by atoms with Crippen LogP contribution in [0.1, 0.15) is 49.3 Å². The van der Waals surface area contributed by atoms with E-state index in [9.17, 15) is 14.7 Å². The molecule has 0 radical (unpaired) electrons. The lowest BCUT2D eigenvalue weighted by molar-refractivity contribution is -0.152. The average Bonchev–Trinajstić information content (AvgIpc) is 3.13. The first kappa shape index (κ1) is 17.4. The van der Waals surface area contributed by atoms with Crippen molar-refractivity contribution < 1.29 is 19.4 Å². The Kier molecular flexibility index (Phi) is 5.34. The monoisotopic (exact) mass is 342 g/mol. The summed E-state index contributed by atoms with van der Waals surface area (Å²) < 4.78 is 5.63. The normalized spacial score (nSPS) is 26.4. The minimum atomic E-state index is -0.901. The maximum absolute atomic E-state index is 12.5. The van der Waals surface area contributed by atoms with Crippen molar-refractivity contribution in [1.82, 2.24) is 4.90 Å². The molecule has 0 unspecified atom stereocenters. The topological polar surface area (TPSA) is 90.6 Å². The molecule has 2 saturated heterocycles. The fourth-order valence-electron chi connectivity index (χ4n) is 3.83. The molecule has 1 N–H and O–H groups in total. The summed E-state index contributed by atoms with van der Waals surface area (Å²) in [6.45, 7) is 1.23. The second kappa shape index (κ2) is 7.66. The molecule has 2 heterocycles. The van der Waals surface area contributed by atoms with Gasteiger partial charge in [-0.25, -0.2) is 0 Å². The van der Waals surface area contributed by atoms with Gasteiger partial charge in [0, 0.05) is 19.6 Å². The van der Waals surface area contributed by atoms with E-state index in [1.165, 1.54) is 0 Å². The van der Waals surface area contributed by atoms with E-state index in [1.54, 1.807) is 29.2 Å². The van der Waals surface area contributed by atoms with Crippen LogP contribution in [0.4, 0.5) is 0 Å². The fraction of sp³-hybridized carbons (Fsp3) is 0.526. The Morgan fingerprint density at radius 2 is 2.24 bits per heavy atom. The van der Waals surface area contributed by atoms with E-state index in [0.717, 1.165) is 19.4 Å². The lowest BCUT2D eigenvalue weighted by atomic mass is 9.83. The van der Waals surface area contributed by atoms with E-state index in [0.29, 0.717) is 30.5 Å². The predicted molar refractivity (Wildman–Crippen MR) is 89.6 cm³/mol.